The van der Waals surface area contributed by atoms with Gasteiger partial charge < -0.3 is 0 Å². The largest absolute Gasteiger partial charge is 0.397 e. The average Bonchev–Trinajstić information content (AvgIpc) is 2.41. The molecule has 0 aromatic heterocycles. The summed E-state index contributed by atoms with van der Waals surface area (Å²) in [6.45, 7) is 8.28. The maximum absolute atomic E-state index is 10.1. The zero-order valence-corrected chi connectivity index (χ0v) is 13.1. The van der Waals surface area contributed by atoms with Crippen molar-refractivity contribution in [2.45, 2.75) is 53.6 Å². The minimum absolute atomic E-state index is 0.139. The zero-order valence-electron chi connectivity index (χ0n) is 12.3. The number of benzene rings is 1. The Bertz CT molecular complexity index is 372. The first-order chi connectivity index (χ1) is 8.99. The van der Waals surface area contributed by atoms with Crippen LogP contribution in [0.2, 0.25) is 0 Å². The second-order valence-electron chi connectivity index (χ2n) is 3.53. The summed E-state index contributed by atoms with van der Waals surface area (Å²) in [7, 11) is -4.32. The molecule has 0 fully saturated rings. The Morgan fingerprint density at radius 1 is 1.05 bits per heavy atom. The van der Waals surface area contributed by atoms with Gasteiger partial charge in [-0.3, -0.25) is 4.55 Å². The topological polar surface area (TPSA) is 63.6 Å². The van der Waals surface area contributed by atoms with Crippen molar-refractivity contribution >= 4 is 10.4 Å². The van der Waals surface area contributed by atoms with Gasteiger partial charge in [0.2, 0.25) is 0 Å². The molecule has 0 unspecified atom stereocenters. The summed E-state index contributed by atoms with van der Waals surface area (Å²) in [6.07, 6.45) is 4.08. The van der Waals surface area contributed by atoms with Gasteiger partial charge in [0.05, 0.1) is 6.61 Å². The van der Waals surface area contributed by atoms with Crippen molar-refractivity contribution in [1.82, 2.24) is 0 Å². The highest BCUT2D eigenvalue weighted by Crippen LogP contribution is 2.02. The fraction of sp³-hybridized carbons (Fsp3) is 0.571. The van der Waals surface area contributed by atoms with Gasteiger partial charge >= 0.3 is 10.4 Å². The molecule has 0 heterocycles. The maximum Gasteiger partial charge on any atom is 0.397 e. The highest BCUT2D eigenvalue weighted by Gasteiger charge is 2.03. The van der Waals surface area contributed by atoms with E-state index >= 15 is 0 Å². The molecule has 0 radical (unpaired) electrons. The number of hydrogen-bond acceptors (Lipinski definition) is 3. The van der Waals surface area contributed by atoms with Gasteiger partial charge in [-0.15, -0.1) is 0 Å². The molecule has 5 heteroatoms. The molecule has 0 saturated carbocycles. The molecule has 1 N–H and O–H groups in total. The van der Waals surface area contributed by atoms with E-state index in [-0.39, 0.29) is 6.61 Å². The zero-order chi connectivity index (χ0) is 15.1. The molecule has 0 aliphatic carbocycles. The van der Waals surface area contributed by atoms with E-state index in [0.29, 0.717) is 5.56 Å². The summed E-state index contributed by atoms with van der Waals surface area (Å²) < 4.78 is 32.6. The van der Waals surface area contributed by atoms with E-state index in [2.05, 4.69) is 18.0 Å². The van der Waals surface area contributed by atoms with Crippen LogP contribution in [-0.2, 0) is 21.2 Å². The third-order valence-corrected chi connectivity index (χ3v) is 2.34. The van der Waals surface area contributed by atoms with Crippen LogP contribution in [0.4, 0.5) is 0 Å². The fourth-order valence-corrected chi connectivity index (χ4v) is 1.36. The Balaban J connectivity index is 0. The van der Waals surface area contributed by atoms with Crippen molar-refractivity contribution in [3.63, 3.8) is 0 Å². The highest BCUT2D eigenvalue weighted by molar-refractivity contribution is 7.80. The van der Waals surface area contributed by atoms with Crippen molar-refractivity contribution in [3.8, 4) is 0 Å². The van der Waals surface area contributed by atoms with Crippen molar-refractivity contribution in [1.29, 1.82) is 0 Å². The molecule has 0 bridgehead atoms. The first-order valence-electron chi connectivity index (χ1n) is 6.65. The lowest BCUT2D eigenvalue weighted by atomic mass is 10.2. The van der Waals surface area contributed by atoms with Crippen LogP contribution in [0.3, 0.4) is 0 Å². The minimum Gasteiger partial charge on any atom is -0.264 e. The molecule has 0 spiro atoms. The lowest BCUT2D eigenvalue weighted by molar-refractivity contribution is 0.259. The van der Waals surface area contributed by atoms with E-state index in [9.17, 15) is 8.42 Å². The summed E-state index contributed by atoms with van der Waals surface area (Å²) in [5.74, 6) is 0. The quantitative estimate of drug-likeness (QED) is 0.824. The van der Waals surface area contributed by atoms with Crippen molar-refractivity contribution in [2.24, 2.45) is 0 Å². The second kappa shape index (κ2) is 13.5. The molecule has 0 atom stereocenters. The highest BCUT2D eigenvalue weighted by atomic mass is 32.3. The van der Waals surface area contributed by atoms with Gasteiger partial charge in [-0.05, 0) is 5.56 Å². The van der Waals surface area contributed by atoms with E-state index in [1.807, 2.05) is 13.8 Å². The Morgan fingerprint density at radius 3 is 1.84 bits per heavy atom. The van der Waals surface area contributed by atoms with E-state index in [1.54, 1.807) is 30.3 Å². The average molecular weight is 290 g/mol. The van der Waals surface area contributed by atoms with E-state index in [4.69, 9.17) is 4.55 Å². The molecule has 19 heavy (non-hydrogen) atoms. The summed E-state index contributed by atoms with van der Waals surface area (Å²) in [4.78, 5) is 0. The van der Waals surface area contributed by atoms with Crippen LogP contribution in [0.1, 0.15) is 52.5 Å². The predicted octanol–water partition coefficient (Wildman–Crippen LogP) is 4.23. The van der Waals surface area contributed by atoms with E-state index in [0.717, 1.165) is 0 Å². The first-order valence-corrected chi connectivity index (χ1v) is 8.01. The molecule has 1 aromatic carbocycles. The second-order valence-corrected chi connectivity index (χ2v) is 4.62. The molecule has 0 amide bonds. The van der Waals surface area contributed by atoms with E-state index in [1.165, 1.54) is 19.3 Å². The van der Waals surface area contributed by atoms with Crippen molar-refractivity contribution < 1.29 is 17.2 Å². The molecule has 0 aliphatic rings. The molecule has 4 nitrogen and oxygen atoms in total. The third-order valence-electron chi connectivity index (χ3n) is 1.92. The fourth-order valence-electron chi connectivity index (χ4n) is 1.07. The van der Waals surface area contributed by atoms with Crippen LogP contribution >= 0.6 is 0 Å². The van der Waals surface area contributed by atoms with Gasteiger partial charge in [0.1, 0.15) is 0 Å². The molecule has 1 aromatic rings. The van der Waals surface area contributed by atoms with Crippen LogP contribution in [0.15, 0.2) is 30.3 Å². The van der Waals surface area contributed by atoms with Crippen LogP contribution in [-0.4, -0.2) is 13.0 Å². The molecule has 112 valence electrons. The Labute approximate surface area is 117 Å². The standard InChI is InChI=1S/C7H8O4S.C5H12.C2H6/c8-12(9,10)11-6-7-4-2-1-3-5-7;1-3-5-4-2;1-2/h1-5H,6H2,(H,8,9,10);3-5H2,1-2H3;1-2H3. The molecular formula is C14H26O4S. The Morgan fingerprint density at radius 2 is 1.53 bits per heavy atom. The predicted molar refractivity (Wildman–Crippen MR) is 79.3 cm³/mol. The SMILES string of the molecule is CC.CCCCC.O=S(=O)(O)OCc1ccccc1. The molecule has 1 rings (SSSR count). The minimum atomic E-state index is -4.32. The van der Waals surface area contributed by atoms with Crippen LogP contribution in [0.5, 0.6) is 0 Å². The normalized spacial score (nSPS) is 9.74. The Hall–Kier alpha value is -0.910. The van der Waals surface area contributed by atoms with Gasteiger partial charge in [0.15, 0.2) is 0 Å². The van der Waals surface area contributed by atoms with Crippen LogP contribution in [0.25, 0.3) is 0 Å². The summed E-state index contributed by atoms with van der Waals surface area (Å²) in [5.41, 5.74) is 0.690. The van der Waals surface area contributed by atoms with Crippen LogP contribution < -0.4 is 0 Å². The van der Waals surface area contributed by atoms with E-state index < -0.39 is 10.4 Å². The molecule has 0 aliphatic heterocycles. The first kappa shape index (κ1) is 20.4. The van der Waals surface area contributed by atoms with Crippen LogP contribution in [0, 0.1) is 0 Å². The number of hydrogen-bond donors (Lipinski definition) is 1. The van der Waals surface area contributed by atoms with Gasteiger partial charge in [-0.25, -0.2) is 4.18 Å². The smallest absolute Gasteiger partial charge is 0.264 e. The third kappa shape index (κ3) is 17.1. The van der Waals surface area contributed by atoms with Gasteiger partial charge in [0.25, 0.3) is 0 Å². The molecular weight excluding hydrogens is 264 g/mol. The maximum atomic E-state index is 10.1. The summed E-state index contributed by atoms with van der Waals surface area (Å²) in [6, 6.07) is 8.71. The Kier molecular flexibility index (Phi) is 14.5. The molecule has 0 saturated heterocycles. The van der Waals surface area contributed by atoms with Gasteiger partial charge in [-0.1, -0.05) is 77.3 Å². The number of unbranched alkanes of at least 4 members (excludes halogenated alkanes) is 2. The lowest BCUT2D eigenvalue weighted by Crippen LogP contribution is -2.03. The number of rotatable bonds is 5. The summed E-state index contributed by atoms with van der Waals surface area (Å²) >= 11 is 0. The summed E-state index contributed by atoms with van der Waals surface area (Å²) in [5, 5.41) is 0. The van der Waals surface area contributed by atoms with Gasteiger partial charge in [0, 0.05) is 0 Å². The monoisotopic (exact) mass is 290 g/mol. The van der Waals surface area contributed by atoms with Crippen molar-refractivity contribution in [2.75, 3.05) is 0 Å². The lowest BCUT2D eigenvalue weighted by Gasteiger charge is -1.98. The van der Waals surface area contributed by atoms with Crippen molar-refractivity contribution in [3.05, 3.63) is 35.9 Å². The van der Waals surface area contributed by atoms with Gasteiger partial charge in [-0.2, -0.15) is 8.42 Å².